The summed E-state index contributed by atoms with van der Waals surface area (Å²) in [5.41, 5.74) is 1.38. The number of rotatable bonds is 3. The fourth-order valence-electron chi connectivity index (χ4n) is 3.67. The van der Waals surface area contributed by atoms with Gasteiger partial charge < -0.3 is 9.47 Å². The number of aromatic nitrogens is 4. The van der Waals surface area contributed by atoms with Gasteiger partial charge in [-0.1, -0.05) is 24.3 Å². The van der Waals surface area contributed by atoms with Crippen molar-refractivity contribution in [1.82, 2.24) is 24.6 Å². The number of hydrogen-bond acceptors (Lipinski definition) is 4. The van der Waals surface area contributed by atoms with Crippen LogP contribution in [-0.4, -0.2) is 43.6 Å². The Labute approximate surface area is 145 Å². The van der Waals surface area contributed by atoms with E-state index in [1.165, 1.54) is 12.8 Å². The Balaban J connectivity index is 1.36. The molecule has 2 aliphatic rings. The second kappa shape index (κ2) is 5.65. The number of carbonyl (C=O) groups excluding carboxylic acids is 1. The monoisotopic (exact) mass is 333 g/mol. The number of fused-ring (bicyclic) bond motifs is 1. The van der Waals surface area contributed by atoms with Crippen LogP contribution in [0.3, 0.4) is 0 Å². The van der Waals surface area contributed by atoms with Crippen molar-refractivity contribution >= 4 is 16.8 Å². The lowest BCUT2D eigenvalue weighted by atomic mass is 10.2. The van der Waals surface area contributed by atoms with E-state index in [1.807, 2.05) is 47.6 Å². The molecule has 1 aliphatic heterocycles. The molecule has 3 heterocycles. The van der Waals surface area contributed by atoms with Crippen molar-refractivity contribution in [3.05, 3.63) is 54.2 Å². The summed E-state index contributed by atoms with van der Waals surface area (Å²) in [5, 5.41) is 9.42. The van der Waals surface area contributed by atoms with Crippen LogP contribution in [0, 0.1) is 0 Å². The summed E-state index contributed by atoms with van der Waals surface area (Å²) in [6.07, 6.45) is 5.17. The standard InChI is InChI=1S/C19H19N5O/c25-19(17-8-7-13-3-1-2-4-16(13)21-17)23-10-9-15(11-23)24-12-20-22-18(24)14-5-6-14/h1-4,7-8,12,14-15H,5-6,9-11H2. The van der Waals surface area contributed by atoms with Gasteiger partial charge in [-0.05, 0) is 31.4 Å². The molecule has 1 aliphatic carbocycles. The summed E-state index contributed by atoms with van der Waals surface area (Å²) in [4.78, 5) is 19.3. The molecule has 6 nitrogen and oxygen atoms in total. The van der Waals surface area contributed by atoms with Crippen LogP contribution in [0.1, 0.15) is 47.5 Å². The molecule has 1 unspecified atom stereocenters. The molecule has 3 aromatic rings. The quantitative estimate of drug-likeness (QED) is 0.739. The Hall–Kier alpha value is -2.76. The van der Waals surface area contributed by atoms with Gasteiger partial charge in [0.05, 0.1) is 11.6 Å². The third kappa shape index (κ3) is 2.58. The molecule has 0 radical (unpaired) electrons. The maximum absolute atomic E-state index is 12.9. The van der Waals surface area contributed by atoms with E-state index in [1.54, 1.807) is 0 Å². The average molecular weight is 333 g/mol. The van der Waals surface area contributed by atoms with Crippen molar-refractivity contribution in [2.24, 2.45) is 0 Å². The van der Waals surface area contributed by atoms with Gasteiger partial charge in [-0.25, -0.2) is 4.98 Å². The third-order valence-corrected chi connectivity index (χ3v) is 5.20. The van der Waals surface area contributed by atoms with Gasteiger partial charge in [-0.2, -0.15) is 0 Å². The molecule has 1 atom stereocenters. The molecule has 2 fully saturated rings. The highest BCUT2D eigenvalue weighted by molar-refractivity contribution is 5.95. The highest BCUT2D eigenvalue weighted by Gasteiger charge is 2.34. The lowest BCUT2D eigenvalue weighted by Crippen LogP contribution is -2.30. The van der Waals surface area contributed by atoms with E-state index < -0.39 is 0 Å². The van der Waals surface area contributed by atoms with Crippen molar-refractivity contribution in [3.63, 3.8) is 0 Å². The van der Waals surface area contributed by atoms with E-state index in [0.29, 0.717) is 18.2 Å². The minimum absolute atomic E-state index is 0.00861. The van der Waals surface area contributed by atoms with Crippen molar-refractivity contribution in [2.75, 3.05) is 13.1 Å². The molecule has 1 aromatic carbocycles. The lowest BCUT2D eigenvalue weighted by molar-refractivity contribution is 0.0782. The van der Waals surface area contributed by atoms with Crippen LogP contribution in [-0.2, 0) is 0 Å². The Morgan fingerprint density at radius 1 is 1.08 bits per heavy atom. The van der Waals surface area contributed by atoms with Crippen molar-refractivity contribution in [3.8, 4) is 0 Å². The Morgan fingerprint density at radius 3 is 2.84 bits per heavy atom. The van der Waals surface area contributed by atoms with E-state index >= 15 is 0 Å². The first-order valence-corrected chi connectivity index (χ1v) is 8.84. The van der Waals surface area contributed by atoms with Crippen molar-refractivity contribution in [1.29, 1.82) is 0 Å². The van der Waals surface area contributed by atoms with Gasteiger partial charge in [0.1, 0.15) is 17.8 Å². The Morgan fingerprint density at radius 2 is 1.96 bits per heavy atom. The van der Waals surface area contributed by atoms with Crippen LogP contribution >= 0.6 is 0 Å². The molecule has 2 aromatic heterocycles. The highest BCUT2D eigenvalue weighted by atomic mass is 16.2. The van der Waals surface area contributed by atoms with E-state index in [-0.39, 0.29) is 11.9 Å². The zero-order valence-corrected chi connectivity index (χ0v) is 13.9. The molecular formula is C19H19N5O. The van der Waals surface area contributed by atoms with Crippen LogP contribution in [0.2, 0.25) is 0 Å². The number of hydrogen-bond donors (Lipinski definition) is 0. The normalized spacial score (nSPS) is 20.3. The summed E-state index contributed by atoms with van der Waals surface area (Å²) in [6.45, 7) is 1.45. The topological polar surface area (TPSA) is 63.9 Å². The summed E-state index contributed by atoms with van der Waals surface area (Å²) in [7, 11) is 0. The molecule has 0 spiro atoms. The van der Waals surface area contributed by atoms with Crippen LogP contribution in [0.15, 0.2) is 42.7 Å². The molecule has 1 amide bonds. The van der Waals surface area contributed by atoms with Gasteiger partial charge in [0.15, 0.2) is 0 Å². The van der Waals surface area contributed by atoms with Crippen LogP contribution in [0.25, 0.3) is 10.9 Å². The minimum Gasteiger partial charge on any atom is -0.335 e. The van der Waals surface area contributed by atoms with E-state index in [4.69, 9.17) is 0 Å². The molecular weight excluding hydrogens is 314 g/mol. The summed E-state index contributed by atoms with van der Waals surface area (Å²) >= 11 is 0. The average Bonchev–Trinajstić information content (AvgIpc) is 3.18. The molecule has 126 valence electrons. The maximum atomic E-state index is 12.9. The first-order valence-electron chi connectivity index (χ1n) is 8.84. The Kier molecular flexibility index (Phi) is 3.29. The molecule has 0 bridgehead atoms. The van der Waals surface area contributed by atoms with Crippen LogP contribution < -0.4 is 0 Å². The zero-order valence-electron chi connectivity index (χ0n) is 13.9. The van der Waals surface area contributed by atoms with Crippen LogP contribution in [0.5, 0.6) is 0 Å². The molecule has 1 saturated heterocycles. The largest absolute Gasteiger partial charge is 0.335 e. The second-order valence-electron chi connectivity index (χ2n) is 6.95. The van der Waals surface area contributed by atoms with Crippen molar-refractivity contribution in [2.45, 2.75) is 31.2 Å². The zero-order chi connectivity index (χ0) is 16.8. The van der Waals surface area contributed by atoms with Gasteiger partial charge in [-0.3, -0.25) is 4.79 Å². The highest BCUT2D eigenvalue weighted by Crippen LogP contribution is 2.40. The molecule has 5 rings (SSSR count). The number of likely N-dealkylation sites (tertiary alicyclic amines) is 1. The van der Waals surface area contributed by atoms with Gasteiger partial charge in [0.25, 0.3) is 5.91 Å². The van der Waals surface area contributed by atoms with Gasteiger partial charge >= 0.3 is 0 Å². The summed E-state index contributed by atoms with van der Waals surface area (Å²) < 4.78 is 2.18. The Bertz CT molecular complexity index is 946. The second-order valence-corrected chi connectivity index (χ2v) is 6.95. The number of nitrogens with zero attached hydrogens (tertiary/aromatic N) is 5. The summed E-state index contributed by atoms with van der Waals surface area (Å²) in [6, 6.07) is 11.9. The first kappa shape index (κ1) is 14.6. The smallest absolute Gasteiger partial charge is 0.272 e. The number of amides is 1. The van der Waals surface area contributed by atoms with Gasteiger partial charge in [0.2, 0.25) is 0 Å². The third-order valence-electron chi connectivity index (χ3n) is 5.20. The van der Waals surface area contributed by atoms with Crippen LogP contribution in [0.4, 0.5) is 0 Å². The molecule has 6 heteroatoms. The fraction of sp³-hybridized carbons (Fsp3) is 0.368. The van der Waals surface area contributed by atoms with Gasteiger partial charge in [-0.15, -0.1) is 10.2 Å². The number of benzene rings is 1. The lowest BCUT2D eigenvalue weighted by Gasteiger charge is -2.17. The molecule has 0 N–H and O–H groups in total. The van der Waals surface area contributed by atoms with Gasteiger partial charge in [0, 0.05) is 24.4 Å². The molecule has 25 heavy (non-hydrogen) atoms. The number of carbonyl (C=O) groups is 1. The number of pyridine rings is 1. The number of para-hydroxylation sites is 1. The SMILES string of the molecule is O=C(c1ccc2ccccc2n1)N1CCC(n2cnnc2C2CC2)C1. The predicted molar refractivity (Wildman–Crippen MR) is 93.3 cm³/mol. The molecule has 1 saturated carbocycles. The first-order chi connectivity index (χ1) is 12.3. The van der Waals surface area contributed by atoms with E-state index in [9.17, 15) is 4.79 Å². The van der Waals surface area contributed by atoms with Crippen molar-refractivity contribution < 1.29 is 4.79 Å². The predicted octanol–water partition coefficient (Wildman–Crippen LogP) is 2.79. The fourth-order valence-corrected chi connectivity index (χ4v) is 3.67. The summed E-state index contributed by atoms with van der Waals surface area (Å²) in [5.74, 6) is 1.66. The van der Waals surface area contributed by atoms with E-state index in [2.05, 4.69) is 19.7 Å². The van der Waals surface area contributed by atoms with E-state index in [0.717, 1.165) is 29.7 Å². The maximum Gasteiger partial charge on any atom is 0.272 e. The minimum atomic E-state index is 0.00861.